The molecule has 0 bridgehead atoms. The van der Waals surface area contributed by atoms with Gasteiger partial charge in [-0.3, -0.25) is 0 Å². The van der Waals surface area contributed by atoms with Gasteiger partial charge in [0.15, 0.2) is 0 Å². The third-order valence-electron chi connectivity index (χ3n) is 3.36. The molecule has 0 aliphatic heterocycles. The van der Waals surface area contributed by atoms with Gasteiger partial charge in [-0.25, -0.2) is 0 Å². The summed E-state index contributed by atoms with van der Waals surface area (Å²) in [6.07, 6.45) is 4.26. The van der Waals surface area contributed by atoms with E-state index in [0.717, 1.165) is 37.1 Å². The first-order valence-corrected chi connectivity index (χ1v) is 6.20. The lowest BCUT2D eigenvalue weighted by Crippen LogP contribution is -2.08. The lowest BCUT2D eigenvalue weighted by atomic mass is 9.90. The summed E-state index contributed by atoms with van der Waals surface area (Å²) in [5.74, 6) is 0. The van der Waals surface area contributed by atoms with Gasteiger partial charge in [-0.1, -0.05) is 26.7 Å². The van der Waals surface area contributed by atoms with Crippen molar-refractivity contribution in [3.8, 4) is 0 Å². The Hall–Kier alpha value is -1.18. The number of anilines is 2. The average Bonchev–Trinajstić information content (AvgIpc) is 2.28. The number of hydrogen-bond acceptors (Lipinski definition) is 2. The monoisotopic (exact) mass is 220 g/mol. The molecule has 0 unspecified atom stereocenters. The van der Waals surface area contributed by atoms with Gasteiger partial charge < -0.3 is 11.5 Å². The van der Waals surface area contributed by atoms with Crippen LogP contribution < -0.4 is 11.5 Å². The van der Waals surface area contributed by atoms with Crippen molar-refractivity contribution in [3.63, 3.8) is 0 Å². The lowest BCUT2D eigenvalue weighted by Gasteiger charge is -2.19. The molecule has 2 nitrogen and oxygen atoms in total. The SMILES string of the molecule is CCCc1c(C)c(N)c(CCC)c(C)c1N. The predicted octanol–water partition coefficient (Wildman–Crippen LogP) is 3.37. The Labute approximate surface area is 99.0 Å². The van der Waals surface area contributed by atoms with Crippen molar-refractivity contribution in [2.45, 2.75) is 53.4 Å². The quantitative estimate of drug-likeness (QED) is 0.764. The molecular weight excluding hydrogens is 196 g/mol. The van der Waals surface area contributed by atoms with Gasteiger partial charge in [-0.2, -0.15) is 0 Å². The van der Waals surface area contributed by atoms with Gasteiger partial charge in [-0.05, 0) is 48.9 Å². The molecule has 0 amide bonds. The minimum absolute atomic E-state index is 0.956. The molecule has 4 N–H and O–H groups in total. The van der Waals surface area contributed by atoms with Crippen LogP contribution in [0.5, 0.6) is 0 Å². The summed E-state index contributed by atoms with van der Waals surface area (Å²) in [5.41, 5.74) is 19.2. The van der Waals surface area contributed by atoms with E-state index in [1.165, 1.54) is 22.3 Å². The van der Waals surface area contributed by atoms with Crippen molar-refractivity contribution in [2.24, 2.45) is 0 Å². The summed E-state index contributed by atoms with van der Waals surface area (Å²) in [6, 6.07) is 0. The summed E-state index contributed by atoms with van der Waals surface area (Å²) in [6.45, 7) is 8.53. The molecule has 0 atom stereocenters. The van der Waals surface area contributed by atoms with Crippen LogP contribution in [0, 0.1) is 13.8 Å². The maximum Gasteiger partial charge on any atom is 0.0383 e. The van der Waals surface area contributed by atoms with Crippen molar-refractivity contribution in [1.82, 2.24) is 0 Å². The smallest absolute Gasteiger partial charge is 0.0383 e. The van der Waals surface area contributed by atoms with Crippen molar-refractivity contribution in [2.75, 3.05) is 11.5 Å². The summed E-state index contributed by atoms with van der Waals surface area (Å²) in [4.78, 5) is 0. The van der Waals surface area contributed by atoms with Crippen molar-refractivity contribution < 1.29 is 0 Å². The fourth-order valence-corrected chi connectivity index (χ4v) is 2.33. The molecule has 0 saturated carbocycles. The number of benzene rings is 1. The number of hydrogen-bond donors (Lipinski definition) is 2. The Balaban J connectivity index is 3.37. The number of rotatable bonds is 4. The highest BCUT2D eigenvalue weighted by Gasteiger charge is 2.14. The molecule has 90 valence electrons. The van der Waals surface area contributed by atoms with Crippen LogP contribution in [0.3, 0.4) is 0 Å². The Bertz CT molecular complexity index is 315. The van der Waals surface area contributed by atoms with E-state index in [1.807, 2.05) is 0 Å². The topological polar surface area (TPSA) is 52.0 Å². The van der Waals surface area contributed by atoms with E-state index in [1.54, 1.807) is 0 Å². The summed E-state index contributed by atoms with van der Waals surface area (Å²) >= 11 is 0. The van der Waals surface area contributed by atoms with Crippen LogP contribution in [0.25, 0.3) is 0 Å². The first kappa shape index (κ1) is 12.9. The van der Waals surface area contributed by atoms with Crippen LogP contribution in [0.4, 0.5) is 11.4 Å². The molecule has 0 aliphatic rings. The Morgan fingerprint density at radius 3 is 1.31 bits per heavy atom. The fourth-order valence-electron chi connectivity index (χ4n) is 2.33. The standard InChI is InChI=1S/C14H24N2/c1-5-7-11-9(3)14(16)12(8-6-2)10(4)13(11)15/h5-8,15-16H2,1-4H3. The van der Waals surface area contributed by atoms with E-state index in [2.05, 4.69) is 27.7 Å². The van der Waals surface area contributed by atoms with Gasteiger partial charge in [0.25, 0.3) is 0 Å². The first-order chi connectivity index (χ1) is 7.54. The maximum atomic E-state index is 6.21. The Kier molecular flexibility index (Phi) is 4.22. The molecule has 0 aliphatic carbocycles. The molecule has 16 heavy (non-hydrogen) atoms. The zero-order valence-corrected chi connectivity index (χ0v) is 11.0. The number of nitrogen functional groups attached to an aromatic ring is 2. The normalized spacial score (nSPS) is 10.8. The Morgan fingerprint density at radius 2 is 1.06 bits per heavy atom. The fraction of sp³-hybridized carbons (Fsp3) is 0.571. The molecule has 2 heteroatoms. The highest BCUT2D eigenvalue weighted by Crippen LogP contribution is 2.32. The predicted molar refractivity (Wildman–Crippen MR) is 72.7 cm³/mol. The largest absolute Gasteiger partial charge is 0.398 e. The van der Waals surface area contributed by atoms with Gasteiger partial charge in [0, 0.05) is 11.4 Å². The minimum Gasteiger partial charge on any atom is -0.398 e. The van der Waals surface area contributed by atoms with Crippen LogP contribution >= 0.6 is 0 Å². The zero-order valence-electron chi connectivity index (χ0n) is 11.0. The molecule has 0 saturated heterocycles. The van der Waals surface area contributed by atoms with Gasteiger partial charge in [0.05, 0.1) is 0 Å². The molecule has 0 radical (unpaired) electrons. The van der Waals surface area contributed by atoms with Crippen LogP contribution in [0.2, 0.25) is 0 Å². The second kappa shape index (κ2) is 5.24. The van der Waals surface area contributed by atoms with E-state index in [9.17, 15) is 0 Å². The van der Waals surface area contributed by atoms with E-state index in [0.29, 0.717) is 0 Å². The van der Waals surface area contributed by atoms with E-state index in [-0.39, 0.29) is 0 Å². The molecular formula is C14H24N2. The molecule has 0 heterocycles. The second-order valence-electron chi connectivity index (χ2n) is 4.53. The van der Waals surface area contributed by atoms with Crippen LogP contribution in [-0.4, -0.2) is 0 Å². The van der Waals surface area contributed by atoms with Crippen LogP contribution in [0.15, 0.2) is 0 Å². The van der Waals surface area contributed by atoms with Crippen LogP contribution in [-0.2, 0) is 12.8 Å². The first-order valence-electron chi connectivity index (χ1n) is 6.20. The maximum absolute atomic E-state index is 6.21. The van der Waals surface area contributed by atoms with Crippen molar-refractivity contribution in [3.05, 3.63) is 22.3 Å². The van der Waals surface area contributed by atoms with Crippen LogP contribution in [0.1, 0.15) is 48.9 Å². The third-order valence-corrected chi connectivity index (χ3v) is 3.36. The molecule has 1 rings (SSSR count). The molecule has 1 aromatic carbocycles. The van der Waals surface area contributed by atoms with Crippen molar-refractivity contribution >= 4 is 11.4 Å². The lowest BCUT2D eigenvalue weighted by molar-refractivity contribution is 0.893. The Morgan fingerprint density at radius 1 is 0.750 bits per heavy atom. The summed E-state index contributed by atoms with van der Waals surface area (Å²) in [7, 11) is 0. The minimum atomic E-state index is 0.956. The molecule has 0 aromatic heterocycles. The molecule has 1 aromatic rings. The summed E-state index contributed by atoms with van der Waals surface area (Å²) in [5, 5.41) is 0. The second-order valence-corrected chi connectivity index (χ2v) is 4.53. The van der Waals surface area contributed by atoms with E-state index in [4.69, 9.17) is 11.5 Å². The number of nitrogens with two attached hydrogens (primary N) is 2. The van der Waals surface area contributed by atoms with Gasteiger partial charge in [0.2, 0.25) is 0 Å². The highest BCUT2D eigenvalue weighted by atomic mass is 14.6. The zero-order chi connectivity index (χ0) is 12.3. The summed E-state index contributed by atoms with van der Waals surface area (Å²) < 4.78 is 0. The van der Waals surface area contributed by atoms with E-state index >= 15 is 0 Å². The van der Waals surface area contributed by atoms with Gasteiger partial charge in [0.1, 0.15) is 0 Å². The van der Waals surface area contributed by atoms with E-state index < -0.39 is 0 Å². The van der Waals surface area contributed by atoms with Crippen molar-refractivity contribution in [1.29, 1.82) is 0 Å². The van der Waals surface area contributed by atoms with Gasteiger partial charge in [-0.15, -0.1) is 0 Å². The third kappa shape index (κ3) is 2.16. The highest BCUT2D eigenvalue weighted by molar-refractivity contribution is 5.70. The molecule has 0 spiro atoms. The average molecular weight is 220 g/mol. The molecule has 0 fully saturated rings. The van der Waals surface area contributed by atoms with Gasteiger partial charge >= 0.3 is 0 Å².